The number of aromatic hydroxyl groups is 7. The fourth-order valence-electron chi connectivity index (χ4n) is 10.6. The normalized spacial score (nSPS) is 29.6. The molecule has 6 aromatic carbocycles. The third-order valence-corrected chi connectivity index (χ3v) is 14.2. The Morgan fingerprint density at radius 3 is 1.42 bits per heavy atom. The zero-order valence-corrected chi connectivity index (χ0v) is 38.3. The van der Waals surface area contributed by atoms with Gasteiger partial charge in [-0.3, -0.25) is 0 Å². The van der Waals surface area contributed by atoms with Crippen molar-refractivity contribution in [3.05, 3.63) is 159 Å². The number of hydrogen-bond donors (Lipinski definition) is 15. The average molecular weight is 1000 g/mol. The van der Waals surface area contributed by atoms with Crippen LogP contribution in [0.15, 0.2) is 103 Å². The van der Waals surface area contributed by atoms with Crippen molar-refractivity contribution >= 4 is 12.2 Å². The second kappa shape index (κ2) is 19.4. The van der Waals surface area contributed by atoms with E-state index in [0.717, 1.165) is 6.07 Å². The average Bonchev–Trinajstić information content (AvgIpc) is 3.95. The maximum Gasteiger partial charge on any atom is 0.135 e. The molecule has 10 rings (SSSR count). The van der Waals surface area contributed by atoms with Gasteiger partial charge in [-0.05, 0) is 100 Å². The van der Waals surface area contributed by atoms with Crippen LogP contribution >= 0.6 is 0 Å². The van der Waals surface area contributed by atoms with Gasteiger partial charge in [0.15, 0.2) is 0 Å². The molecule has 19 heteroatoms. The number of fused-ring (bicyclic) bond motifs is 2. The minimum absolute atomic E-state index is 0.0101. The fraction of sp³-hybridized carbons (Fsp3) is 0.296. The molecule has 4 aliphatic heterocycles. The van der Waals surface area contributed by atoms with E-state index in [1.165, 1.54) is 54.6 Å². The summed E-state index contributed by atoms with van der Waals surface area (Å²) in [6.45, 7) is -1.50. The summed E-state index contributed by atoms with van der Waals surface area (Å²) < 4.78 is 24.9. The first-order chi connectivity index (χ1) is 35.0. The van der Waals surface area contributed by atoms with E-state index in [0.29, 0.717) is 50.3 Å². The summed E-state index contributed by atoms with van der Waals surface area (Å²) in [5.74, 6) is -3.50. The van der Waals surface area contributed by atoms with E-state index >= 15 is 0 Å². The van der Waals surface area contributed by atoms with Gasteiger partial charge in [0.05, 0.1) is 36.2 Å². The van der Waals surface area contributed by atoms with Crippen LogP contribution in [0.2, 0.25) is 0 Å². The van der Waals surface area contributed by atoms with Crippen LogP contribution in [-0.4, -0.2) is 139 Å². The number of phenolic OH excluding ortho intramolecular Hbond substituents is 7. The maximum absolute atomic E-state index is 12.0. The Hall–Kier alpha value is -7.14. The molecule has 6 aromatic rings. The molecule has 0 spiro atoms. The largest absolute Gasteiger partial charge is 0.508 e. The highest BCUT2D eigenvalue weighted by Gasteiger charge is 2.50. The van der Waals surface area contributed by atoms with Gasteiger partial charge in [0, 0.05) is 17.2 Å². The fourth-order valence-corrected chi connectivity index (χ4v) is 10.6. The third-order valence-electron chi connectivity index (χ3n) is 14.2. The van der Waals surface area contributed by atoms with Gasteiger partial charge in [-0.1, -0.05) is 42.5 Å². The van der Waals surface area contributed by atoms with Crippen LogP contribution in [0.5, 0.6) is 51.7 Å². The summed E-state index contributed by atoms with van der Waals surface area (Å²) in [4.78, 5) is 0. The summed E-state index contributed by atoms with van der Waals surface area (Å²) in [5.41, 5.74) is 3.12. The number of aliphatic hydroxyl groups excluding tert-OH is 8. The molecular weight excluding hydrogens is 953 g/mol. The Labute approximate surface area is 415 Å². The highest BCUT2D eigenvalue weighted by molar-refractivity contribution is 5.78. The Morgan fingerprint density at radius 2 is 0.890 bits per heavy atom. The molecule has 0 aromatic heterocycles. The lowest BCUT2D eigenvalue weighted by molar-refractivity contribution is -0.232. The minimum Gasteiger partial charge on any atom is -0.508 e. The first-order valence-corrected chi connectivity index (χ1v) is 23.3. The zero-order valence-electron chi connectivity index (χ0n) is 38.3. The van der Waals surface area contributed by atoms with E-state index < -0.39 is 116 Å². The van der Waals surface area contributed by atoms with E-state index in [4.69, 9.17) is 18.9 Å². The summed E-state index contributed by atoms with van der Waals surface area (Å²) in [6, 6.07) is 25.6. The molecule has 0 saturated carbocycles. The van der Waals surface area contributed by atoms with Gasteiger partial charge in [0.2, 0.25) is 0 Å². The van der Waals surface area contributed by atoms with Gasteiger partial charge in [-0.25, -0.2) is 0 Å². The number of rotatable bonds is 10. The molecule has 0 aliphatic carbocycles. The van der Waals surface area contributed by atoms with Crippen molar-refractivity contribution in [3.63, 3.8) is 0 Å². The van der Waals surface area contributed by atoms with Crippen LogP contribution in [0.1, 0.15) is 91.9 Å². The van der Waals surface area contributed by atoms with Crippen LogP contribution < -0.4 is 9.47 Å². The van der Waals surface area contributed by atoms with E-state index in [-0.39, 0.29) is 39.9 Å². The SMILES string of the molecule is OC[C@H]1O[C@@H](c2c(O)cc([C@@H]3c4cc(C=Cc5cc(O)c([C@@H]6O[C@H](CO)[C@@H](O)[C@H](O)[C@H]6O)c6c5[C@@H](c5cc(O)cc(O)c5)[C@H](c5ccc(O)cc5)O6)ccc4O[C@H]3c3ccc(O)cc3)cc2O)[C@H](O)[C@@H](O)[C@@H]1O. The van der Waals surface area contributed by atoms with Gasteiger partial charge in [-0.15, -0.1) is 0 Å². The molecule has 0 amide bonds. The first kappa shape index (κ1) is 49.4. The van der Waals surface area contributed by atoms with Gasteiger partial charge < -0.3 is 95.5 Å². The lowest BCUT2D eigenvalue weighted by atomic mass is 9.80. The lowest BCUT2D eigenvalue weighted by Crippen LogP contribution is -2.55. The van der Waals surface area contributed by atoms with Crippen molar-refractivity contribution < 1.29 is 95.5 Å². The van der Waals surface area contributed by atoms with Gasteiger partial charge in [-0.2, -0.15) is 0 Å². The van der Waals surface area contributed by atoms with Crippen LogP contribution in [-0.2, 0) is 9.47 Å². The Morgan fingerprint density at radius 1 is 0.397 bits per heavy atom. The second-order valence-corrected chi connectivity index (χ2v) is 18.7. The standard InChI is InChI=1S/C54H52O19/c55-20-37-44(64)46(66)48(68)53(71-37)42-33(61)17-27(18-34(42)62)39-32-13-22(2-12-36(32)70-50(39)23-4-8-28(57)9-5-23)1-3-25-16-35(63)43(54-49(69)47(67)45(65)38(21-56)72-54)52-40(25)41(26-14-30(59)19-31(60)15-26)51(73-52)24-6-10-29(58)11-7-24/h1-19,37-39,41,44-51,53-69H,20-21H2/t37-,38-,39-,41-,44-,45-,46+,47+,48-,49-,50+,51+,53+,54+/m1/s1. The number of hydrogen-bond acceptors (Lipinski definition) is 19. The van der Waals surface area contributed by atoms with Crippen LogP contribution in [0.3, 0.4) is 0 Å². The number of ether oxygens (including phenoxy) is 4. The van der Waals surface area contributed by atoms with Crippen molar-refractivity contribution in [2.75, 3.05) is 13.2 Å². The molecule has 0 radical (unpaired) electrons. The Bertz CT molecular complexity index is 3000. The summed E-state index contributed by atoms with van der Waals surface area (Å²) in [7, 11) is 0. The van der Waals surface area contributed by atoms with E-state index in [9.17, 15) is 76.6 Å². The molecule has 2 fully saturated rings. The van der Waals surface area contributed by atoms with Crippen molar-refractivity contribution in [2.45, 2.75) is 85.1 Å². The molecule has 2 saturated heterocycles. The van der Waals surface area contributed by atoms with Crippen LogP contribution in [0.4, 0.5) is 0 Å². The molecule has 73 heavy (non-hydrogen) atoms. The molecular formula is C54H52O19. The number of phenols is 7. The molecule has 19 nitrogen and oxygen atoms in total. The molecule has 382 valence electrons. The molecule has 15 N–H and O–H groups in total. The molecule has 14 atom stereocenters. The third kappa shape index (κ3) is 8.78. The summed E-state index contributed by atoms with van der Waals surface area (Å²) in [6.07, 6.45) is -14.9. The number of benzene rings is 6. The van der Waals surface area contributed by atoms with Gasteiger partial charge in [0.1, 0.15) is 125 Å². The molecule has 0 bridgehead atoms. The Kier molecular flexibility index (Phi) is 13.1. The topological polar surface area (TPSA) is 340 Å². The molecule has 4 heterocycles. The highest BCUT2D eigenvalue weighted by atomic mass is 16.6. The van der Waals surface area contributed by atoms with E-state index in [1.807, 2.05) is 0 Å². The van der Waals surface area contributed by atoms with Crippen molar-refractivity contribution in [1.82, 2.24) is 0 Å². The predicted octanol–water partition coefficient (Wildman–Crippen LogP) is 3.36. The highest BCUT2D eigenvalue weighted by Crippen LogP contribution is 2.58. The number of aliphatic hydroxyl groups is 8. The van der Waals surface area contributed by atoms with Crippen LogP contribution in [0, 0.1) is 0 Å². The van der Waals surface area contributed by atoms with Crippen molar-refractivity contribution in [3.8, 4) is 51.7 Å². The molecule has 0 unspecified atom stereocenters. The van der Waals surface area contributed by atoms with E-state index in [1.54, 1.807) is 54.6 Å². The summed E-state index contributed by atoms with van der Waals surface area (Å²) >= 11 is 0. The smallest absolute Gasteiger partial charge is 0.135 e. The Balaban J connectivity index is 1.10. The maximum atomic E-state index is 12.0. The summed E-state index contributed by atoms with van der Waals surface area (Å²) in [5, 5.41) is 162. The van der Waals surface area contributed by atoms with Crippen molar-refractivity contribution in [2.24, 2.45) is 0 Å². The van der Waals surface area contributed by atoms with Crippen LogP contribution in [0.25, 0.3) is 12.2 Å². The quantitative estimate of drug-likeness (QED) is 0.0875. The monoisotopic (exact) mass is 1000 g/mol. The molecule has 4 aliphatic rings. The first-order valence-electron chi connectivity index (χ1n) is 23.3. The second-order valence-electron chi connectivity index (χ2n) is 18.7. The zero-order chi connectivity index (χ0) is 51.7. The predicted molar refractivity (Wildman–Crippen MR) is 255 cm³/mol. The van der Waals surface area contributed by atoms with Gasteiger partial charge in [0.25, 0.3) is 0 Å². The van der Waals surface area contributed by atoms with Crippen molar-refractivity contribution in [1.29, 1.82) is 0 Å². The van der Waals surface area contributed by atoms with E-state index in [2.05, 4.69) is 0 Å². The lowest BCUT2D eigenvalue weighted by Gasteiger charge is -2.40. The minimum atomic E-state index is -1.84. The van der Waals surface area contributed by atoms with Gasteiger partial charge >= 0.3 is 0 Å².